The molecule has 1 saturated heterocycles. The van der Waals surface area contributed by atoms with Gasteiger partial charge in [-0.05, 0) is 62.2 Å². The first kappa shape index (κ1) is 26.3. The number of ether oxygens (including phenoxy) is 1. The summed E-state index contributed by atoms with van der Waals surface area (Å²) >= 11 is 1.06. The molecule has 3 aromatic rings. The van der Waals surface area contributed by atoms with E-state index in [4.69, 9.17) is 10.5 Å². The molecule has 9 nitrogen and oxygen atoms in total. The number of aryl methyl sites for hydroxylation is 1. The molecule has 12 heteroatoms. The average molecular weight is 550 g/mol. The van der Waals surface area contributed by atoms with Crippen molar-refractivity contribution in [3.05, 3.63) is 71.1 Å². The molecule has 0 radical (unpaired) electrons. The van der Waals surface area contributed by atoms with Crippen LogP contribution in [0.4, 0.5) is 10.5 Å². The number of sulfone groups is 1. The third-order valence-electron chi connectivity index (χ3n) is 5.85. The van der Waals surface area contributed by atoms with Gasteiger partial charge >= 0.3 is 6.09 Å². The second-order valence-electron chi connectivity index (χ2n) is 8.40. The van der Waals surface area contributed by atoms with Crippen molar-refractivity contribution >= 4 is 43.0 Å². The van der Waals surface area contributed by atoms with Crippen LogP contribution in [0, 0.1) is 6.92 Å². The first-order valence-electron chi connectivity index (χ1n) is 11.3. The van der Waals surface area contributed by atoms with Gasteiger partial charge in [0.2, 0.25) is 19.9 Å². The highest BCUT2D eigenvalue weighted by Gasteiger charge is 2.36. The van der Waals surface area contributed by atoms with Crippen LogP contribution in [0.3, 0.4) is 0 Å². The zero-order chi connectivity index (χ0) is 25.9. The van der Waals surface area contributed by atoms with Crippen LogP contribution in [-0.2, 0) is 31.1 Å². The summed E-state index contributed by atoms with van der Waals surface area (Å²) < 4.78 is 59.7. The van der Waals surface area contributed by atoms with Gasteiger partial charge in [-0.1, -0.05) is 23.8 Å². The molecule has 1 atom stereocenters. The summed E-state index contributed by atoms with van der Waals surface area (Å²) in [4.78, 5) is 12.7. The van der Waals surface area contributed by atoms with E-state index in [9.17, 15) is 21.6 Å². The molecule has 4 rings (SSSR count). The monoisotopic (exact) mass is 549 g/mol. The summed E-state index contributed by atoms with van der Waals surface area (Å²) in [5.41, 5.74) is 7.21. The van der Waals surface area contributed by atoms with Gasteiger partial charge in [0.1, 0.15) is 10.8 Å². The SMILES string of the molecule is Cc1ccc(NC(=O)OC[C@@H]2CCCN2S(=O)(=O)c2cccc(S(=O)(=O)c3ccc(CN)s3)c2)cc1. The van der Waals surface area contributed by atoms with Crippen LogP contribution in [0.2, 0.25) is 0 Å². The maximum absolute atomic E-state index is 13.4. The normalized spacial score (nSPS) is 16.7. The molecule has 0 bridgehead atoms. The van der Waals surface area contributed by atoms with Crippen molar-refractivity contribution in [3.63, 3.8) is 0 Å². The minimum atomic E-state index is -4.02. The van der Waals surface area contributed by atoms with Crippen LogP contribution in [0.5, 0.6) is 0 Å². The predicted molar refractivity (Wildman–Crippen MR) is 137 cm³/mol. The fraction of sp³-hybridized carbons (Fsp3) is 0.292. The van der Waals surface area contributed by atoms with Crippen LogP contribution >= 0.6 is 11.3 Å². The molecular formula is C24H27N3O6S3. The van der Waals surface area contributed by atoms with Gasteiger partial charge < -0.3 is 10.5 Å². The van der Waals surface area contributed by atoms with E-state index in [-0.39, 0.29) is 33.7 Å². The Morgan fingerprint density at radius 2 is 1.81 bits per heavy atom. The smallest absolute Gasteiger partial charge is 0.411 e. The number of benzene rings is 2. The number of sulfonamides is 1. The second kappa shape index (κ2) is 10.7. The van der Waals surface area contributed by atoms with Gasteiger partial charge in [-0.25, -0.2) is 21.6 Å². The highest BCUT2D eigenvalue weighted by molar-refractivity contribution is 7.93. The molecule has 192 valence electrons. The molecule has 2 aromatic carbocycles. The number of carbonyl (C=O) groups excluding carboxylic acids is 1. The number of anilines is 1. The van der Waals surface area contributed by atoms with E-state index >= 15 is 0 Å². The van der Waals surface area contributed by atoms with E-state index in [0.717, 1.165) is 16.9 Å². The van der Waals surface area contributed by atoms with E-state index in [1.807, 2.05) is 19.1 Å². The predicted octanol–water partition coefficient (Wildman–Crippen LogP) is 3.75. The van der Waals surface area contributed by atoms with Gasteiger partial charge in [-0.15, -0.1) is 11.3 Å². The first-order valence-corrected chi connectivity index (χ1v) is 15.0. The summed E-state index contributed by atoms with van der Waals surface area (Å²) in [6.45, 7) is 2.28. The number of amides is 1. The lowest BCUT2D eigenvalue weighted by Crippen LogP contribution is -2.39. The molecule has 3 N–H and O–H groups in total. The topological polar surface area (TPSA) is 136 Å². The summed E-state index contributed by atoms with van der Waals surface area (Å²) in [7, 11) is -7.92. The standard InChI is InChI=1S/C24H27N3O6S3/c1-17-7-9-18(10-8-17)26-24(28)33-16-19-4-3-13-27(19)36(31,32)22-6-2-5-21(14-22)35(29,30)23-12-11-20(15-25)34-23/h2,5-12,14,19H,3-4,13,15-16,25H2,1H3,(H,26,28)/t19-/m0/s1. The number of nitrogens with zero attached hydrogens (tertiary/aromatic N) is 1. The van der Waals surface area contributed by atoms with Crippen LogP contribution in [0.1, 0.15) is 23.3 Å². The van der Waals surface area contributed by atoms with E-state index in [0.29, 0.717) is 23.4 Å². The molecule has 1 amide bonds. The number of hydrogen-bond donors (Lipinski definition) is 2. The fourth-order valence-corrected chi connectivity index (χ4v) is 8.40. The lowest BCUT2D eigenvalue weighted by Gasteiger charge is -2.24. The summed E-state index contributed by atoms with van der Waals surface area (Å²) in [6, 6.07) is 15.1. The summed E-state index contributed by atoms with van der Waals surface area (Å²) in [6.07, 6.45) is 0.442. The fourth-order valence-electron chi connectivity index (χ4n) is 3.92. The molecule has 2 heterocycles. The molecule has 1 aliphatic heterocycles. The Morgan fingerprint density at radius 1 is 1.08 bits per heavy atom. The molecule has 1 aliphatic rings. The number of nitrogens with two attached hydrogens (primary N) is 1. The largest absolute Gasteiger partial charge is 0.448 e. The average Bonchev–Trinajstić information content (AvgIpc) is 3.55. The Hall–Kier alpha value is -2.77. The maximum Gasteiger partial charge on any atom is 0.411 e. The van der Waals surface area contributed by atoms with Gasteiger partial charge in [-0.3, -0.25) is 5.32 Å². The van der Waals surface area contributed by atoms with E-state index < -0.39 is 32.0 Å². The molecule has 0 saturated carbocycles. The third kappa shape index (κ3) is 5.62. The minimum absolute atomic E-state index is 0.101. The van der Waals surface area contributed by atoms with Crippen LogP contribution in [0.25, 0.3) is 0 Å². The molecule has 1 fully saturated rings. The number of nitrogens with one attached hydrogen (secondary N) is 1. The quantitative estimate of drug-likeness (QED) is 0.437. The number of rotatable bonds is 8. The molecule has 36 heavy (non-hydrogen) atoms. The van der Waals surface area contributed by atoms with E-state index in [1.54, 1.807) is 18.2 Å². The number of hydrogen-bond acceptors (Lipinski definition) is 8. The van der Waals surface area contributed by atoms with Gasteiger partial charge in [0, 0.05) is 23.7 Å². The van der Waals surface area contributed by atoms with E-state index in [2.05, 4.69) is 5.32 Å². The van der Waals surface area contributed by atoms with Crippen molar-refractivity contribution in [2.45, 2.75) is 46.4 Å². The first-order chi connectivity index (χ1) is 17.1. The Labute approximate surface area is 214 Å². The lowest BCUT2D eigenvalue weighted by molar-refractivity contribution is 0.139. The van der Waals surface area contributed by atoms with Crippen LogP contribution in [0.15, 0.2) is 74.7 Å². The summed E-state index contributed by atoms with van der Waals surface area (Å²) in [5, 5.41) is 2.62. The molecule has 0 spiro atoms. The lowest BCUT2D eigenvalue weighted by atomic mass is 10.2. The second-order valence-corrected chi connectivity index (χ2v) is 13.6. The molecule has 1 aromatic heterocycles. The van der Waals surface area contributed by atoms with Gasteiger partial charge in [0.25, 0.3) is 0 Å². The zero-order valence-corrected chi connectivity index (χ0v) is 22.0. The Bertz CT molecular complexity index is 1450. The molecule has 0 aliphatic carbocycles. The number of thiophene rings is 1. The van der Waals surface area contributed by atoms with Crippen molar-refractivity contribution < 1.29 is 26.4 Å². The van der Waals surface area contributed by atoms with Crippen molar-refractivity contribution in [3.8, 4) is 0 Å². The minimum Gasteiger partial charge on any atom is -0.448 e. The highest BCUT2D eigenvalue weighted by Crippen LogP contribution is 2.31. The van der Waals surface area contributed by atoms with Crippen LogP contribution < -0.4 is 11.1 Å². The van der Waals surface area contributed by atoms with Gasteiger partial charge in [0.15, 0.2) is 0 Å². The van der Waals surface area contributed by atoms with Crippen LogP contribution in [-0.4, -0.2) is 46.4 Å². The van der Waals surface area contributed by atoms with Crippen molar-refractivity contribution in [2.75, 3.05) is 18.5 Å². The Morgan fingerprint density at radius 3 is 2.50 bits per heavy atom. The highest BCUT2D eigenvalue weighted by atomic mass is 32.2. The van der Waals surface area contributed by atoms with Crippen molar-refractivity contribution in [2.24, 2.45) is 5.73 Å². The maximum atomic E-state index is 13.4. The molecular weight excluding hydrogens is 522 g/mol. The van der Waals surface area contributed by atoms with Crippen molar-refractivity contribution in [1.29, 1.82) is 0 Å². The zero-order valence-electron chi connectivity index (χ0n) is 19.6. The van der Waals surface area contributed by atoms with Gasteiger partial charge in [0.05, 0.1) is 15.8 Å². The Balaban J connectivity index is 1.48. The number of carbonyl (C=O) groups is 1. The summed E-state index contributed by atoms with van der Waals surface area (Å²) in [5.74, 6) is 0. The molecule has 0 unspecified atom stereocenters. The van der Waals surface area contributed by atoms with Crippen molar-refractivity contribution in [1.82, 2.24) is 4.31 Å². The van der Waals surface area contributed by atoms with Gasteiger partial charge in [-0.2, -0.15) is 4.31 Å². The van der Waals surface area contributed by atoms with E-state index in [1.165, 1.54) is 34.6 Å². The Kier molecular flexibility index (Phi) is 7.81. The third-order valence-corrected chi connectivity index (χ3v) is 11.2.